The van der Waals surface area contributed by atoms with Crippen LogP contribution in [0.3, 0.4) is 0 Å². The number of halogens is 1. The molecule has 0 unspecified atom stereocenters. The molecule has 0 aromatic heterocycles. The predicted molar refractivity (Wildman–Crippen MR) is 52.1 cm³/mol. The number of Topliss-reactive ketones (excluding diaryl/α,β-unsaturated/α-hetero) is 1. The van der Waals surface area contributed by atoms with Gasteiger partial charge in [0.1, 0.15) is 0 Å². The van der Waals surface area contributed by atoms with Crippen LogP contribution in [0.25, 0.3) is 0 Å². The maximum atomic E-state index is 11.2. The third kappa shape index (κ3) is 2.43. The van der Waals surface area contributed by atoms with E-state index in [9.17, 15) is 14.9 Å². The Labute approximate surface area is 84.6 Å². The molecule has 5 nitrogen and oxygen atoms in total. The number of benzene rings is 1. The molecule has 6 heteroatoms. The average molecular weight is 215 g/mol. The van der Waals surface area contributed by atoms with Crippen LogP contribution >= 0.6 is 11.6 Å². The van der Waals surface area contributed by atoms with Crippen molar-refractivity contribution in [2.75, 3.05) is 12.3 Å². The standard InChI is InChI=1S/C8H7ClN2O3/c9-7-3-5(10)1-2-6(7)8(12)4-11(13)14/h1-3H,4,10H2. The Kier molecular flexibility index (Phi) is 3.03. The molecule has 0 saturated carbocycles. The maximum Gasteiger partial charge on any atom is 0.265 e. The highest BCUT2D eigenvalue weighted by Crippen LogP contribution is 2.19. The summed E-state index contributed by atoms with van der Waals surface area (Å²) in [6, 6.07) is 4.23. The smallest absolute Gasteiger partial charge is 0.265 e. The predicted octanol–water partition coefficient (Wildman–Crippen LogP) is 1.38. The van der Waals surface area contributed by atoms with E-state index in [0.717, 1.165) is 0 Å². The van der Waals surface area contributed by atoms with E-state index in [-0.39, 0.29) is 10.6 Å². The summed E-state index contributed by atoms with van der Waals surface area (Å²) in [5.74, 6) is -0.625. The Hall–Kier alpha value is -1.62. The lowest BCUT2D eigenvalue weighted by Gasteiger charge is -2.00. The third-order valence-corrected chi connectivity index (χ3v) is 1.88. The summed E-state index contributed by atoms with van der Waals surface area (Å²) < 4.78 is 0. The molecule has 14 heavy (non-hydrogen) atoms. The maximum absolute atomic E-state index is 11.2. The van der Waals surface area contributed by atoms with Crippen molar-refractivity contribution in [2.45, 2.75) is 0 Å². The van der Waals surface area contributed by atoms with Crippen molar-refractivity contribution in [1.82, 2.24) is 0 Å². The number of hydrogen-bond acceptors (Lipinski definition) is 4. The van der Waals surface area contributed by atoms with Gasteiger partial charge in [-0.1, -0.05) is 11.6 Å². The Morgan fingerprint density at radius 1 is 1.57 bits per heavy atom. The Bertz CT molecular complexity index is 392. The first-order valence-electron chi connectivity index (χ1n) is 3.70. The summed E-state index contributed by atoms with van der Waals surface area (Å²) in [6.07, 6.45) is 0. The fourth-order valence-corrected chi connectivity index (χ4v) is 1.25. The summed E-state index contributed by atoms with van der Waals surface area (Å²) in [6.45, 7) is -0.760. The van der Waals surface area contributed by atoms with Crippen molar-refractivity contribution in [3.8, 4) is 0 Å². The van der Waals surface area contributed by atoms with Gasteiger partial charge in [0.2, 0.25) is 5.78 Å². The molecule has 0 saturated heterocycles. The van der Waals surface area contributed by atoms with Crippen LogP contribution in [0.2, 0.25) is 5.02 Å². The molecule has 0 aliphatic heterocycles. The van der Waals surface area contributed by atoms with Crippen LogP contribution in [0.5, 0.6) is 0 Å². The molecule has 2 N–H and O–H groups in total. The molecule has 74 valence electrons. The van der Waals surface area contributed by atoms with Gasteiger partial charge >= 0.3 is 0 Å². The van der Waals surface area contributed by atoms with E-state index in [2.05, 4.69) is 0 Å². The Morgan fingerprint density at radius 3 is 2.71 bits per heavy atom. The van der Waals surface area contributed by atoms with Crippen LogP contribution in [-0.2, 0) is 0 Å². The molecular weight excluding hydrogens is 208 g/mol. The molecule has 1 aromatic carbocycles. The number of anilines is 1. The molecule has 0 amide bonds. The van der Waals surface area contributed by atoms with Gasteiger partial charge in [0.05, 0.1) is 5.02 Å². The van der Waals surface area contributed by atoms with Crippen LogP contribution in [0.4, 0.5) is 5.69 Å². The summed E-state index contributed by atoms with van der Waals surface area (Å²) in [4.78, 5) is 20.6. The molecule has 0 aliphatic rings. The Balaban J connectivity index is 2.96. The van der Waals surface area contributed by atoms with Gasteiger partial charge in [0.15, 0.2) is 0 Å². The van der Waals surface area contributed by atoms with Gasteiger partial charge < -0.3 is 5.73 Å². The third-order valence-electron chi connectivity index (χ3n) is 1.57. The summed E-state index contributed by atoms with van der Waals surface area (Å²) in [5.41, 5.74) is 5.93. The van der Waals surface area contributed by atoms with Crippen LogP contribution in [-0.4, -0.2) is 17.3 Å². The monoisotopic (exact) mass is 214 g/mol. The van der Waals surface area contributed by atoms with Crippen LogP contribution in [0.15, 0.2) is 18.2 Å². The summed E-state index contributed by atoms with van der Waals surface area (Å²) in [5, 5.41) is 10.2. The van der Waals surface area contributed by atoms with E-state index in [4.69, 9.17) is 17.3 Å². The first-order valence-corrected chi connectivity index (χ1v) is 4.08. The molecule has 0 aliphatic carbocycles. The lowest BCUT2D eigenvalue weighted by molar-refractivity contribution is -0.465. The van der Waals surface area contributed by atoms with Crippen molar-refractivity contribution < 1.29 is 9.72 Å². The second kappa shape index (κ2) is 4.06. The highest BCUT2D eigenvalue weighted by Gasteiger charge is 2.15. The van der Waals surface area contributed by atoms with E-state index in [1.807, 2.05) is 0 Å². The molecule has 0 heterocycles. The van der Waals surface area contributed by atoms with Gasteiger partial charge in [-0.2, -0.15) is 0 Å². The molecule has 1 aromatic rings. The minimum absolute atomic E-state index is 0.123. The van der Waals surface area contributed by atoms with E-state index in [0.29, 0.717) is 5.69 Å². The zero-order chi connectivity index (χ0) is 10.7. The summed E-state index contributed by atoms with van der Waals surface area (Å²) in [7, 11) is 0. The molecule has 0 radical (unpaired) electrons. The van der Waals surface area contributed by atoms with Crippen molar-refractivity contribution in [1.29, 1.82) is 0 Å². The van der Waals surface area contributed by atoms with Gasteiger partial charge in [-0.15, -0.1) is 0 Å². The van der Waals surface area contributed by atoms with Crippen LogP contribution in [0, 0.1) is 10.1 Å². The second-order valence-electron chi connectivity index (χ2n) is 2.65. The number of nitrogens with zero attached hydrogens (tertiary/aromatic N) is 1. The number of ketones is 1. The number of nitrogen functional groups attached to an aromatic ring is 1. The van der Waals surface area contributed by atoms with Gasteiger partial charge in [0.25, 0.3) is 6.54 Å². The second-order valence-corrected chi connectivity index (χ2v) is 3.06. The van der Waals surface area contributed by atoms with E-state index >= 15 is 0 Å². The fourth-order valence-electron chi connectivity index (χ4n) is 0.960. The summed E-state index contributed by atoms with van der Waals surface area (Å²) >= 11 is 5.68. The van der Waals surface area contributed by atoms with Crippen molar-refractivity contribution in [2.24, 2.45) is 0 Å². The molecule has 0 spiro atoms. The fraction of sp³-hybridized carbons (Fsp3) is 0.125. The lowest BCUT2D eigenvalue weighted by Crippen LogP contribution is -2.14. The number of nitrogens with two attached hydrogens (primary N) is 1. The SMILES string of the molecule is Nc1ccc(C(=O)C[N+](=O)[O-])c(Cl)c1. The number of carbonyl (C=O) groups is 1. The van der Waals surface area contributed by atoms with Crippen LogP contribution in [0.1, 0.15) is 10.4 Å². The van der Waals surface area contributed by atoms with Gasteiger partial charge in [0, 0.05) is 16.2 Å². The van der Waals surface area contributed by atoms with Gasteiger partial charge in [-0.3, -0.25) is 14.9 Å². The minimum Gasteiger partial charge on any atom is -0.399 e. The Morgan fingerprint density at radius 2 is 2.21 bits per heavy atom. The number of nitro groups is 1. The molecular formula is C8H7ClN2O3. The van der Waals surface area contributed by atoms with Gasteiger partial charge in [-0.25, -0.2) is 0 Å². The lowest BCUT2D eigenvalue weighted by atomic mass is 10.1. The number of carbonyl (C=O) groups excluding carboxylic acids is 1. The van der Waals surface area contributed by atoms with Crippen LogP contribution < -0.4 is 5.73 Å². The van der Waals surface area contributed by atoms with Crippen molar-refractivity contribution in [3.05, 3.63) is 38.9 Å². The van der Waals surface area contributed by atoms with Gasteiger partial charge in [-0.05, 0) is 18.2 Å². The zero-order valence-corrected chi connectivity index (χ0v) is 7.82. The molecule has 0 fully saturated rings. The minimum atomic E-state index is -0.760. The molecule has 0 bridgehead atoms. The normalized spacial score (nSPS) is 9.79. The highest BCUT2D eigenvalue weighted by atomic mass is 35.5. The zero-order valence-electron chi connectivity index (χ0n) is 7.07. The number of rotatable bonds is 3. The van der Waals surface area contributed by atoms with E-state index < -0.39 is 17.3 Å². The van der Waals surface area contributed by atoms with Crippen molar-refractivity contribution >= 4 is 23.1 Å². The first-order chi connectivity index (χ1) is 6.50. The topological polar surface area (TPSA) is 86.2 Å². The van der Waals surface area contributed by atoms with E-state index in [1.165, 1.54) is 18.2 Å². The van der Waals surface area contributed by atoms with Crippen molar-refractivity contribution in [3.63, 3.8) is 0 Å². The average Bonchev–Trinajstić information content (AvgIpc) is 2.01. The van der Waals surface area contributed by atoms with E-state index in [1.54, 1.807) is 0 Å². The highest BCUT2D eigenvalue weighted by molar-refractivity contribution is 6.34. The quantitative estimate of drug-likeness (QED) is 0.356. The molecule has 1 rings (SSSR count). The molecule has 0 atom stereocenters. The number of hydrogen-bond donors (Lipinski definition) is 1. The first kappa shape index (κ1) is 10.5. The largest absolute Gasteiger partial charge is 0.399 e.